The number of nitrogens with zero attached hydrogens (tertiary/aromatic N) is 2. The molecule has 4 rings (SSSR count). The molecule has 0 aliphatic carbocycles. The molecule has 7 heteroatoms. The highest BCUT2D eigenvalue weighted by molar-refractivity contribution is 6.31. The molecule has 1 atom stereocenters. The van der Waals surface area contributed by atoms with Gasteiger partial charge in [0.2, 0.25) is 0 Å². The van der Waals surface area contributed by atoms with E-state index in [1.165, 1.54) is 18.2 Å². The molecule has 1 amide bonds. The molecule has 0 radical (unpaired) electrons. The van der Waals surface area contributed by atoms with Crippen LogP contribution in [-0.2, 0) is 6.54 Å². The van der Waals surface area contributed by atoms with E-state index in [1.807, 2.05) is 42.5 Å². The number of fused-ring (bicyclic) bond motifs is 1. The fourth-order valence-electron chi connectivity index (χ4n) is 3.34. The van der Waals surface area contributed by atoms with E-state index in [0.717, 1.165) is 5.56 Å². The van der Waals surface area contributed by atoms with E-state index >= 15 is 0 Å². The van der Waals surface area contributed by atoms with Crippen LogP contribution in [0.3, 0.4) is 0 Å². The maximum atomic E-state index is 13.2. The van der Waals surface area contributed by atoms with Crippen LogP contribution in [0.2, 0.25) is 5.02 Å². The van der Waals surface area contributed by atoms with Gasteiger partial charge in [0.1, 0.15) is 6.17 Å². The van der Waals surface area contributed by atoms with Crippen molar-refractivity contribution in [2.75, 3.05) is 5.32 Å². The Morgan fingerprint density at radius 3 is 2.50 bits per heavy atom. The molecule has 3 aromatic rings. The van der Waals surface area contributed by atoms with E-state index < -0.39 is 11.1 Å². The number of nitro benzene ring substituents is 1. The molecule has 6 nitrogen and oxygen atoms in total. The first-order valence-corrected chi connectivity index (χ1v) is 9.06. The van der Waals surface area contributed by atoms with Crippen LogP contribution < -0.4 is 5.32 Å². The van der Waals surface area contributed by atoms with Gasteiger partial charge in [-0.05, 0) is 23.8 Å². The quantitative estimate of drug-likeness (QED) is 0.499. The minimum atomic E-state index is -0.630. The second-order valence-corrected chi connectivity index (χ2v) is 6.88. The number of para-hydroxylation sites is 1. The average Bonchev–Trinajstić information content (AvgIpc) is 2.71. The largest absolute Gasteiger partial charge is 0.361 e. The second-order valence-electron chi connectivity index (χ2n) is 6.47. The van der Waals surface area contributed by atoms with Gasteiger partial charge in [-0.25, -0.2) is 0 Å². The van der Waals surface area contributed by atoms with Gasteiger partial charge < -0.3 is 10.2 Å². The molecule has 0 saturated carbocycles. The zero-order valence-electron chi connectivity index (χ0n) is 14.7. The summed E-state index contributed by atoms with van der Waals surface area (Å²) < 4.78 is 0. The van der Waals surface area contributed by atoms with Crippen LogP contribution >= 0.6 is 11.6 Å². The van der Waals surface area contributed by atoms with Crippen LogP contribution in [0.25, 0.3) is 0 Å². The SMILES string of the molecule is O=C1c2ccccc2N[C@H](c2cc([N+](=O)[O-])ccc2Cl)N1Cc1ccccc1. The first-order chi connectivity index (χ1) is 13.5. The van der Waals surface area contributed by atoms with E-state index in [1.54, 1.807) is 17.0 Å². The fraction of sp³-hybridized carbons (Fsp3) is 0.0952. The number of nitro groups is 1. The molecule has 0 spiro atoms. The van der Waals surface area contributed by atoms with Gasteiger partial charge >= 0.3 is 0 Å². The Morgan fingerprint density at radius 1 is 1.04 bits per heavy atom. The Labute approximate surface area is 166 Å². The van der Waals surface area contributed by atoms with Gasteiger partial charge in [-0.1, -0.05) is 54.1 Å². The molecule has 0 unspecified atom stereocenters. The van der Waals surface area contributed by atoms with Crippen LogP contribution in [0.4, 0.5) is 11.4 Å². The van der Waals surface area contributed by atoms with Gasteiger partial charge in [0, 0.05) is 35.0 Å². The van der Waals surface area contributed by atoms with Crippen LogP contribution in [0.1, 0.15) is 27.7 Å². The van der Waals surface area contributed by atoms with Crippen molar-refractivity contribution in [2.24, 2.45) is 0 Å². The highest BCUT2D eigenvalue weighted by atomic mass is 35.5. The summed E-state index contributed by atoms with van der Waals surface area (Å²) >= 11 is 6.38. The number of anilines is 1. The van der Waals surface area contributed by atoms with Crippen molar-refractivity contribution in [2.45, 2.75) is 12.7 Å². The number of rotatable bonds is 4. The highest BCUT2D eigenvalue weighted by Crippen LogP contribution is 2.38. The Hall–Kier alpha value is -3.38. The molecule has 1 heterocycles. The number of nitrogens with one attached hydrogen (secondary N) is 1. The summed E-state index contributed by atoms with van der Waals surface area (Å²) in [6.07, 6.45) is -0.630. The standard InChI is InChI=1S/C21H16ClN3O3/c22-18-11-10-15(25(27)28)12-17(18)20-23-19-9-5-4-8-16(19)21(26)24(20)13-14-6-2-1-3-7-14/h1-12,20,23H,13H2/t20-/m0/s1. The Balaban J connectivity index is 1.82. The predicted molar refractivity (Wildman–Crippen MR) is 107 cm³/mol. The maximum absolute atomic E-state index is 13.2. The monoisotopic (exact) mass is 393 g/mol. The number of carbonyl (C=O) groups excluding carboxylic acids is 1. The molecule has 0 saturated heterocycles. The second kappa shape index (κ2) is 7.32. The van der Waals surface area contributed by atoms with Crippen molar-refractivity contribution in [3.8, 4) is 0 Å². The van der Waals surface area contributed by atoms with Gasteiger partial charge in [0.25, 0.3) is 11.6 Å². The van der Waals surface area contributed by atoms with Crippen molar-refractivity contribution in [1.82, 2.24) is 4.90 Å². The number of non-ortho nitro benzene ring substituents is 1. The van der Waals surface area contributed by atoms with Crippen molar-refractivity contribution < 1.29 is 9.72 Å². The smallest absolute Gasteiger partial charge is 0.269 e. The number of hydrogen-bond acceptors (Lipinski definition) is 4. The number of benzene rings is 3. The lowest BCUT2D eigenvalue weighted by Crippen LogP contribution is -2.42. The number of hydrogen-bond donors (Lipinski definition) is 1. The third kappa shape index (κ3) is 3.30. The van der Waals surface area contributed by atoms with Gasteiger partial charge in [0.15, 0.2) is 0 Å². The van der Waals surface area contributed by atoms with Crippen molar-refractivity contribution in [3.63, 3.8) is 0 Å². The fourth-order valence-corrected chi connectivity index (χ4v) is 3.56. The Morgan fingerprint density at radius 2 is 1.75 bits per heavy atom. The summed E-state index contributed by atoms with van der Waals surface area (Å²) in [5.41, 5.74) is 2.58. The number of carbonyl (C=O) groups is 1. The first kappa shape index (κ1) is 18.0. The van der Waals surface area contributed by atoms with Gasteiger partial charge in [-0.2, -0.15) is 0 Å². The van der Waals surface area contributed by atoms with Crippen LogP contribution in [-0.4, -0.2) is 15.7 Å². The molecule has 3 aromatic carbocycles. The van der Waals surface area contributed by atoms with Gasteiger partial charge in [-0.15, -0.1) is 0 Å². The third-order valence-corrected chi connectivity index (χ3v) is 5.05. The first-order valence-electron chi connectivity index (χ1n) is 8.69. The molecule has 0 fully saturated rings. The molecular formula is C21H16ClN3O3. The number of halogens is 1. The lowest BCUT2D eigenvalue weighted by molar-refractivity contribution is -0.384. The van der Waals surface area contributed by atoms with Crippen LogP contribution in [0, 0.1) is 10.1 Å². The molecule has 140 valence electrons. The minimum absolute atomic E-state index is 0.0767. The van der Waals surface area contributed by atoms with E-state index in [0.29, 0.717) is 28.4 Å². The summed E-state index contributed by atoms with van der Waals surface area (Å²) in [5.74, 6) is -0.161. The van der Waals surface area contributed by atoms with E-state index in [9.17, 15) is 14.9 Å². The van der Waals surface area contributed by atoms with Crippen molar-refractivity contribution >= 4 is 28.9 Å². The summed E-state index contributed by atoms with van der Waals surface area (Å²) in [7, 11) is 0. The molecule has 0 aromatic heterocycles. The van der Waals surface area contributed by atoms with Gasteiger partial charge in [0.05, 0.1) is 10.5 Å². The van der Waals surface area contributed by atoms with Crippen molar-refractivity contribution in [3.05, 3.63) is 105 Å². The normalized spacial score (nSPS) is 15.7. The summed E-state index contributed by atoms with van der Waals surface area (Å²) in [6, 6.07) is 21.0. The molecule has 1 aliphatic rings. The molecule has 1 aliphatic heterocycles. The van der Waals surface area contributed by atoms with Gasteiger partial charge in [-0.3, -0.25) is 14.9 Å². The van der Waals surface area contributed by atoms with Crippen LogP contribution in [0.15, 0.2) is 72.8 Å². The minimum Gasteiger partial charge on any atom is -0.361 e. The number of amides is 1. The Kier molecular flexibility index (Phi) is 4.71. The summed E-state index contributed by atoms with van der Waals surface area (Å²) in [4.78, 5) is 25.7. The molecular weight excluding hydrogens is 378 g/mol. The highest BCUT2D eigenvalue weighted by Gasteiger charge is 2.34. The maximum Gasteiger partial charge on any atom is 0.269 e. The Bertz CT molecular complexity index is 1060. The molecule has 0 bridgehead atoms. The zero-order valence-corrected chi connectivity index (χ0v) is 15.5. The average molecular weight is 394 g/mol. The third-order valence-electron chi connectivity index (χ3n) is 4.70. The topological polar surface area (TPSA) is 75.5 Å². The zero-order chi connectivity index (χ0) is 19.7. The van der Waals surface area contributed by atoms with E-state index in [4.69, 9.17) is 11.6 Å². The summed E-state index contributed by atoms with van der Waals surface area (Å²) in [5, 5.41) is 14.9. The predicted octanol–water partition coefficient (Wildman–Crippen LogP) is 5.01. The van der Waals surface area contributed by atoms with E-state index in [2.05, 4.69) is 5.32 Å². The lowest BCUT2D eigenvalue weighted by Gasteiger charge is -2.38. The lowest BCUT2D eigenvalue weighted by atomic mass is 10.0. The van der Waals surface area contributed by atoms with Crippen molar-refractivity contribution in [1.29, 1.82) is 0 Å². The molecule has 1 N–H and O–H groups in total. The van der Waals surface area contributed by atoms with E-state index in [-0.39, 0.29) is 11.6 Å². The summed E-state index contributed by atoms with van der Waals surface area (Å²) in [6.45, 7) is 0.338. The molecule has 28 heavy (non-hydrogen) atoms. The van der Waals surface area contributed by atoms with Crippen LogP contribution in [0.5, 0.6) is 0 Å².